The van der Waals surface area contributed by atoms with Crippen molar-refractivity contribution < 1.29 is 9.13 Å². The summed E-state index contributed by atoms with van der Waals surface area (Å²) in [5.41, 5.74) is 2.13. The van der Waals surface area contributed by atoms with Crippen LogP contribution in [0, 0.1) is 5.82 Å². The lowest BCUT2D eigenvalue weighted by molar-refractivity contribution is 0.412. The first-order valence-corrected chi connectivity index (χ1v) is 5.34. The smallest absolute Gasteiger partial charge is 0.126 e. The van der Waals surface area contributed by atoms with E-state index in [0.717, 1.165) is 24.2 Å². The molecule has 0 fully saturated rings. The van der Waals surface area contributed by atoms with Crippen LogP contribution in [0.15, 0.2) is 24.3 Å². The minimum Gasteiger partial charge on any atom is -0.496 e. The number of methoxy groups -OCH3 is 1. The van der Waals surface area contributed by atoms with Crippen molar-refractivity contribution in [2.75, 3.05) is 7.11 Å². The average molecular weight is 206 g/mol. The third kappa shape index (κ3) is 2.20. The molecular formula is C13H15FO. The molecule has 80 valence electrons. The van der Waals surface area contributed by atoms with Crippen LogP contribution in [0.5, 0.6) is 5.75 Å². The number of hydrogen-bond acceptors (Lipinski definition) is 1. The SMILES string of the molecule is COc1ccc(F)cc1C1=CCCCC1. The maximum Gasteiger partial charge on any atom is 0.126 e. The van der Waals surface area contributed by atoms with Gasteiger partial charge in [0.15, 0.2) is 0 Å². The largest absolute Gasteiger partial charge is 0.496 e. The number of benzene rings is 1. The highest BCUT2D eigenvalue weighted by molar-refractivity contribution is 5.71. The van der Waals surface area contributed by atoms with E-state index in [1.807, 2.05) is 0 Å². The predicted molar refractivity (Wildman–Crippen MR) is 59.4 cm³/mol. The van der Waals surface area contributed by atoms with E-state index in [1.165, 1.54) is 24.5 Å². The van der Waals surface area contributed by atoms with Gasteiger partial charge in [-0.05, 0) is 49.5 Å². The molecule has 0 N–H and O–H groups in total. The fourth-order valence-electron chi connectivity index (χ4n) is 2.01. The second kappa shape index (κ2) is 4.47. The molecule has 0 radical (unpaired) electrons. The molecule has 0 heterocycles. The zero-order chi connectivity index (χ0) is 10.7. The summed E-state index contributed by atoms with van der Waals surface area (Å²) in [7, 11) is 1.63. The number of ether oxygens (including phenoxy) is 1. The van der Waals surface area contributed by atoms with Crippen molar-refractivity contribution in [3.63, 3.8) is 0 Å². The minimum absolute atomic E-state index is 0.197. The fourth-order valence-corrected chi connectivity index (χ4v) is 2.01. The van der Waals surface area contributed by atoms with Gasteiger partial charge in [0.2, 0.25) is 0 Å². The molecule has 1 aliphatic rings. The van der Waals surface area contributed by atoms with Gasteiger partial charge in [0.1, 0.15) is 11.6 Å². The third-order valence-corrected chi connectivity index (χ3v) is 2.80. The summed E-state index contributed by atoms with van der Waals surface area (Å²) in [6.45, 7) is 0. The van der Waals surface area contributed by atoms with Crippen molar-refractivity contribution in [1.29, 1.82) is 0 Å². The van der Waals surface area contributed by atoms with Crippen LogP contribution in [-0.4, -0.2) is 7.11 Å². The van der Waals surface area contributed by atoms with Crippen LogP contribution in [-0.2, 0) is 0 Å². The van der Waals surface area contributed by atoms with Crippen LogP contribution in [0.2, 0.25) is 0 Å². The summed E-state index contributed by atoms with van der Waals surface area (Å²) in [6, 6.07) is 4.70. The average Bonchev–Trinajstić information content (AvgIpc) is 2.30. The van der Waals surface area contributed by atoms with Crippen molar-refractivity contribution in [2.24, 2.45) is 0 Å². The zero-order valence-electron chi connectivity index (χ0n) is 8.92. The first kappa shape index (κ1) is 10.2. The van der Waals surface area contributed by atoms with E-state index in [4.69, 9.17) is 4.74 Å². The van der Waals surface area contributed by atoms with Crippen LogP contribution < -0.4 is 4.74 Å². The lowest BCUT2D eigenvalue weighted by atomic mass is 9.93. The summed E-state index contributed by atoms with van der Waals surface area (Å²) in [5.74, 6) is 0.571. The number of allylic oxidation sites excluding steroid dienone is 2. The molecule has 0 saturated heterocycles. The van der Waals surface area contributed by atoms with Crippen LogP contribution in [0.25, 0.3) is 5.57 Å². The van der Waals surface area contributed by atoms with Gasteiger partial charge in [0, 0.05) is 5.56 Å². The Morgan fingerprint density at radius 3 is 2.80 bits per heavy atom. The van der Waals surface area contributed by atoms with E-state index in [0.29, 0.717) is 0 Å². The van der Waals surface area contributed by atoms with E-state index in [2.05, 4.69) is 6.08 Å². The summed E-state index contributed by atoms with van der Waals surface area (Å²) in [4.78, 5) is 0. The van der Waals surface area contributed by atoms with Crippen LogP contribution in [0.1, 0.15) is 31.2 Å². The standard InChI is InChI=1S/C13H15FO/c1-15-13-8-7-11(14)9-12(13)10-5-3-2-4-6-10/h5,7-9H,2-4,6H2,1H3. The molecule has 2 heteroatoms. The van der Waals surface area contributed by atoms with Gasteiger partial charge in [-0.1, -0.05) is 6.08 Å². The maximum atomic E-state index is 13.2. The maximum absolute atomic E-state index is 13.2. The van der Waals surface area contributed by atoms with Crippen molar-refractivity contribution in [2.45, 2.75) is 25.7 Å². The number of halogens is 1. The van der Waals surface area contributed by atoms with Gasteiger partial charge in [-0.25, -0.2) is 4.39 Å². The molecule has 2 rings (SSSR count). The molecule has 0 unspecified atom stereocenters. The summed E-state index contributed by atoms with van der Waals surface area (Å²) < 4.78 is 18.4. The second-order valence-corrected chi connectivity index (χ2v) is 3.82. The third-order valence-electron chi connectivity index (χ3n) is 2.80. The van der Waals surface area contributed by atoms with Crippen molar-refractivity contribution in [3.05, 3.63) is 35.7 Å². The Kier molecular flexibility index (Phi) is 3.05. The van der Waals surface area contributed by atoms with Crippen molar-refractivity contribution in [3.8, 4) is 5.75 Å². The lowest BCUT2D eigenvalue weighted by Gasteiger charge is -2.15. The fraction of sp³-hybridized carbons (Fsp3) is 0.385. The molecule has 0 atom stereocenters. The number of hydrogen-bond donors (Lipinski definition) is 0. The van der Waals surface area contributed by atoms with Gasteiger partial charge in [-0.2, -0.15) is 0 Å². The highest BCUT2D eigenvalue weighted by atomic mass is 19.1. The monoisotopic (exact) mass is 206 g/mol. The molecule has 1 aromatic rings. The summed E-state index contributed by atoms with van der Waals surface area (Å²) in [6.07, 6.45) is 6.74. The van der Waals surface area contributed by atoms with Gasteiger partial charge >= 0.3 is 0 Å². The molecule has 1 nitrogen and oxygen atoms in total. The van der Waals surface area contributed by atoms with Gasteiger partial charge in [0.05, 0.1) is 7.11 Å². The van der Waals surface area contributed by atoms with Gasteiger partial charge in [-0.3, -0.25) is 0 Å². The Balaban J connectivity index is 2.40. The van der Waals surface area contributed by atoms with E-state index in [9.17, 15) is 4.39 Å². The van der Waals surface area contributed by atoms with Crippen LogP contribution in [0.3, 0.4) is 0 Å². The van der Waals surface area contributed by atoms with Gasteiger partial charge in [-0.15, -0.1) is 0 Å². The Morgan fingerprint density at radius 2 is 2.13 bits per heavy atom. The Bertz CT molecular complexity index is 382. The van der Waals surface area contributed by atoms with E-state index in [-0.39, 0.29) is 5.82 Å². The molecule has 1 aromatic carbocycles. The highest BCUT2D eigenvalue weighted by Gasteiger charge is 2.11. The first-order chi connectivity index (χ1) is 7.31. The van der Waals surface area contributed by atoms with Gasteiger partial charge in [0.25, 0.3) is 0 Å². The topological polar surface area (TPSA) is 9.23 Å². The molecule has 1 aliphatic carbocycles. The molecule has 0 amide bonds. The number of rotatable bonds is 2. The molecule has 0 spiro atoms. The molecule has 15 heavy (non-hydrogen) atoms. The Hall–Kier alpha value is -1.31. The van der Waals surface area contributed by atoms with E-state index >= 15 is 0 Å². The quantitative estimate of drug-likeness (QED) is 0.715. The summed E-state index contributed by atoms with van der Waals surface area (Å²) >= 11 is 0. The Labute approximate surface area is 89.6 Å². The van der Waals surface area contributed by atoms with E-state index in [1.54, 1.807) is 19.2 Å². The predicted octanol–water partition coefficient (Wildman–Crippen LogP) is 3.79. The van der Waals surface area contributed by atoms with Crippen LogP contribution >= 0.6 is 0 Å². The second-order valence-electron chi connectivity index (χ2n) is 3.82. The first-order valence-electron chi connectivity index (χ1n) is 5.34. The normalized spacial score (nSPS) is 16.0. The zero-order valence-corrected chi connectivity index (χ0v) is 8.92. The molecule has 0 bridgehead atoms. The molecule has 0 aliphatic heterocycles. The molecule has 0 saturated carbocycles. The summed E-state index contributed by atoms with van der Waals surface area (Å²) in [5, 5.41) is 0. The lowest BCUT2D eigenvalue weighted by Crippen LogP contribution is -1.96. The highest BCUT2D eigenvalue weighted by Crippen LogP contribution is 2.33. The van der Waals surface area contributed by atoms with Crippen molar-refractivity contribution >= 4 is 5.57 Å². The van der Waals surface area contributed by atoms with E-state index < -0.39 is 0 Å². The van der Waals surface area contributed by atoms with Crippen molar-refractivity contribution in [1.82, 2.24) is 0 Å². The van der Waals surface area contributed by atoms with Gasteiger partial charge < -0.3 is 4.74 Å². The molecule has 0 aromatic heterocycles. The minimum atomic E-state index is -0.197. The molecular weight excluding hydrogens is 191 g/mol. The van der Waals surface area contributed by atoms with Crippen LogP contribution in [0.4, 0.5) is 4.39 Å². The Morgan fingerprint density at radius 1 is 1.27 bits per heavy atom.